The normalized spacial score (nSPS) is 14.2. The van der Waals surface area contributed by atoms with Gasteiger partial charge in [0.15, 0.2) is 6.19 Å². The standard InChI is InChI=1S/C22H16ClFN8O/c23-14-5-3-6-15(24)13(14)9-33-16-7-2-1-4-11(16)19-17-18(27)12(8-25)20(28)31-21(17)32-22(30-19)29-10-26/h1-7,19H,9H2,(H6,27,28,29,30,31,32). The van der Waals surface area contributed by atoms with Gasteiger partial charge in [0.25, 0.3) is 0 Å². The quantitative estimate of drug-likeness (QED) is 0.339. The predicted octanol–water partition coefficient (Wildman–Crippen LogP) is 3.43. The zero-order chi connectivity index (χ0) is 23.5. The highest BCUT2D eigenvalue weighted by Gasteiger charge is 2.31. The monoisotopic (exact) mass is 462 g/mol. The predicted molar refractivity (Wildman–Crippen MR) is 122 cm³/mol. The van der Waals surface area contributed by atoms with Gasteiger partial charge in [0, 0.05) is 16.7 Å². The van der Waals surface area contributed by atoms with E-state index in [0.29, 0.717) is 16.9 Å². The fourth-order valence-corrected chi connectivity index (χ4v) is 3.68. The SMILES string of the molecule is N#CNC1=NC(c2ccccc2OCc2c(F)cccc2Cl)c2c(nc(N)c(C#N)c2N)N1. The Bertz CT molecular complexity index is 1340. The summed E-state index contributed by atoms with van der Waals surface area (Å²) in [4.78, 5) is 8.75. The maximum Gasteiger partial charge on any atom is 0.211 e. The minimum atomic E-state index is -0.801. The van der Waals surface area contributed by atoms with E-state index in [4.69, 9.17) is 33.1 Å². The number of pyridine rings is 1. The molecule has 3 aromatic rings. The Kier molecular flexibility index (Phi) is 5.85. The third kappa shape index (κ3) is 4.03. The third-order valence-corrected chi connectivity index (χ3v) is 5.36. The van der Waals surface area contributed by atoms with Crippen molar-refractivity contribution in [2.24, 2.45) is 4.99 Å². The lowest BCUT2D eigenvalue weighted by atomic mass is 9.94. The van der Waals surface area contributed by atoms with Crippen LogP contribution < -0.4 is 26.8 Å². The van der Waals surface area contributed by atoms with Gasteiger partial charge in [-0.05, 0) is 18.2 Å². The molecule has 1 aliphatic heterocycles. The van der Waals surface area contributed by atoms with Crippen LogP contribution in [0.1, 0.15) is 28.3 Å². The van der Waals surface area contributed by atoms with Crippen molar-refractivity contribution in [1.82, 2.24) is 10.3 Å². The molecule has 164 valence electrons. The molecule has 1 unspecified atom stereocenters. The Morgan fingerprint density at radius 2 is 1.97 bits per heavy atom. The highest BCUT2D eigenvalue weighted by Crippen LogP contribution is 2.43. The molecule has 1 atom stereocenters. The number of rotatable bonds is 4. The molecule has 0 amide bonds. The Balaban J connectivity index is 1.81. The Hall–Kier alpha value is -4.54. The second kappa shape index (κ2) is 8.91. The number of hydrogen-bond acceptors (Lipinski definition) is 9. The average molecular weight is 463 g/mol. The lowest BCUT2D eigenvalue weighted by Crippen LogP contribution is -2.32. The largest absolute Gasteiger partial charge is 0.488 e. The van der Waals surface area contributed by atoms with E-state index in [1.165, 1.54) is 12.1 Å². The molecule has 11 heteroatoms. The van der Waals surface area contributed by atoms with Gasteiger partial charge in [-0.15, -0.1) is 0 Å². The number of nitrogens with zero attached hydrogens (tertiary/aromatic N) is 4. The van der Waals surface area contributed by atoms with Crippen LogP contribution in [-0.4, -0.2) is 10.9 Å². The Labute approximate surface area is 193 Å². The molecule has 0 radical (unpaired) electrons. The van der Waals surface area contributed by atoms with Crippen molar-refractivity contribution in [3.8, 4) is 18.0 Å². The number of nitrogens with one attached hydrogen (secondary N) is 2. The second-order valence-corrected chi connectivity index (χ2v) is 7.34. The molecule has 1 aliphatic rings. The summed E-state index contributed by atoms with van der Waals surface area (Å²) in [7, 11) is 0. The van der Waals surface area contributed by atoms with Crippen LogP contribution in [0.15, 0.2) is 47.5 Å². The van der Waals surface area contributed by atoms with Crippen molar-refractivity contribution in [1.29, 1.82) is 10.5 Å². The van der Waals surface area contributed by atoms with Gasteiger partial charge in [-0.2, -0.15) is 10.5 Å². The van der Waals surface area contributed by atoms with Crippen LogP contribution in [0.25, 0.3) is 0 Å². The number of para-hydroxylation sites is 1. The fraction of sp³-hybridized carbons (Fsp3) is 0.0909. The van der Waals surface area contributed by atoms with Gasteiger partial charge in [-0.1, -0.05) is 35.9 Å². The van der Waals surface area contributed by atoms with Gasteiger partial charge in [-0.3, -0.25) is 5.32 Å². The minimum absolute atomic E-state index is 0.0176. The summed E-state index contributed by atoms with van der Waals surface area (Å²) in [6, 6.07) is 12.5. The molecule has 2 heterocycles. The van der Waals surface area contributed by atoms with Crippen LogP contribution in [0.5, 0.6) is 5.75 Å². The number of aromatic nitrogens is 1. The van der Waals surface area contributed by atoms with Gasteiger partial charge >= 0.3 is 0 Å². The topological polar surface area (TPSA) is 158 Å². The first-order chi connectivity index (χ1) is 15.9. The highest BCUT2D eigenvalue weighted by molar-refractivity contribution is 6.31. The van der Waals surface area contributed by atoms with E-state index in [0.717, 1.165) is 0 Å². The molecule has 2 aromatic carbocycles. The third-order valence-electron chi connectivity index (χ3n) is 5.00. The number of ether oxygens (including phenoxy) is 1. The molecule has 0 saturated carbocycles. The van der Waals surface area contributed by atoms with Crippen molar-refractivity contribution in [3.05, 3.63) is 75.6 Å². The zero-order valence-corrected chi connectivity index (χ0v) is 17.7. The summed E-state index contributed by atoms with van der Waals surface area (Å²) in [6.45, 7) is -0.133. The number of halogens is 2. The lowest BCUT2D eigenvalue weighted by Gasteiger charge is -2.27. The van der Waals surface area contributed by atoms with Crippen molar-refractivity contribution in [3.63, 3.8) is 0 Å². The van der Waals surface area contributed by atoms with Gasteiger partial charge < -0.3 is 21.5 Å². The van der Waals surface area contributed by atoms with E-state index in [2.05, 4.69) is 20.6 Å². The first-order valence-corrected chi connectivity index (χ1v) is 9.95. The van der Waals surface area contributed by atoms with Crippen molar-refractivity contribution in [2.45, 2.75) is 12.6 Å². The smallest absolute Gasteiger partial charge is 0.211 e. The summed E-state index contributed by atoms with van der Waals surface area (Å²) >= 11 is 6.12. The molecule has 9 nitrogen and oxygen atoms in total. The number of anilines is 3. The molecule has 6 N–H and O–H groups in total. The molecule has 0 aliphatic carbocycles. The average Bonchev–Trinajstić information content (AvgIpc) is 2.79. The number of hydrogen-bond donors (Lipinski definition) is 4. The zero-order valence-electron chi connectivity index (χ0n) is 16.9. The number of benzene rings is 2. The van der Waals surface area contributed by atoms with E-state index in [9.17, 15) is 9.65 Å². The number of aliphatic imine (C=N–C) groups is 1. The van der Waals surface area contributed by atoms with Gasteiger partial charge in [0.1, 0.15) is 47.5 Å². The molecule has 4 rings (SSSR count). The first kappa shape index (κ1) is 21.7. The van der Waals surface area contributed by atoms with Crippen LogP contribution in [0.3, 0.4) is 0 Å². The van der Waals surface area contributed by atoms with Gasteiger partial charge in [0.05, 0.1) is 10.7 Å². The molecule has 0 spiro atoms. The highest BCUT2D eigenvalue weighted by atomic mass is 35.5. The maximum absolute atomic E-state index is 14.2. The van der Waals surface area contributed by atoms with Gasteiger partial charge in [0.2, 0.25) is 5.96 Å². The van der Waals surface area contributed by atoms with E-state index < -0.39 is 11.9 Å². The van der Waals surface area contributed by atoms with Crippen LogP contribution >= 0.6 is 11.6 Å². The molecule has 1 aromatic heterocycles. The van der Waals surface area contributed by atoms with Crippen LogP contribution in [-0.2, 0) is 6.61 Å². The molecule has 0 fully saturated rings. The van der Waals surface area contributed by atoms with E-state index in [-0.39, 0.29) is 46.0 Å². The van der Waals surface area contributed by atoms with E-state index in [1.807, 2.05) is 6.07 Å². The lowest BCUT2D eigenvalue weighted by molar-refractivity contribution is 0.296. The van der Waals surface area contributed by atoms with Crippen LogP contribution in [0.4, 0.5) is 21.7 Å². The summed E-state index contributed by atoms with van der Waals surface area (Å²) in [5.41, 5.74) is 13.4. The molecular weight excluding hydrogens is 447 g/mol. The number of nitrogen functional groups attached to an aromatic ring is 2. The Morgan fingerprint density at radius 3 is 2.70 bits per heavy atom. The summed E-state index contributed by atoms with van der Waals surface area (Å²) < 4.78 is 20.1. The maximum atomic E-state index is 14.2. The summed E-state index contributed by atoms with van der Waals surface area (Å²) in [6.07, 6.45) is 1.79. The molecular formula is C22H16ClFN8O. The van der Waals surface area contributed by atoms with Gasteiger partial charge in [-0.25, -0.2) is 14.4 Å². The molecule has 33 heavy (non-hydrogen) atoms. The Morgan fingerprint density at radius 1 is 1.18 bits per heavy atom. The summed E-state index contributed by atoms with van der Waals surface area (Å²) in [5.74, 6) is 0.182. The molecule has 0 bridgehead atoms. The number of nitrogens with two attached hydrogens (primary N) is 2. The summed E-state index contributed by atoms with van der Waals surface area (Å²) in [5, 5.41) is 24.1. The second-order valence-electron chi connectivity index (χ2n) is 6.93. The van der Waals surface area contributed by atoms with Crippen LogP contribution in [0, 0.1) is 28.6 Å². The first-order valence-electron chi connectivity index (χ1n) is 9.58. The number of fused-ring (bicyclic) bond motifs is 1. The number of guanidine groups is 1. The number of nitriles is 2. The van der Waals surface area contributed by atoms with Crippen molar-refractivity contribution < 1.29 is 9.13 Å². The molecule has 0 saturated heterocycles. The van der Waals surface area contributed by atoms with Crippen molar-refractivity contribution >= 4 is 34.9 Å². The van der Waals surface area contributed by atoms with E-state index >= 15 is 0 Å². The fourth-order valence-electron chi connectivity index (χ4n) is 3.46. The van der Waals surface area contributed by atoms with Crippen LogP contribution in [0.2, 0.25) is 5.02 Å². The van der Waals surface area contributed by atoms with Crippen molar-refractivity contribution in [2.75, 3.05) is 16.8 Å². The minimum Gasteiger partial charge on any atom is -0.488 e. The van der Waals surface area contributed by atoms with E-state index in [1.54, 1.807) is 36.5 Å².